The van der Waals surface area contributed by atoms with E-state index in [1.54, 1.807) is 50.6 Å². The molecule has 0 heterocycles. The number of halogens is 1. The van der Waals surface area contributed by atoms with Crippen molar-refractivity contribution in [2.45, 2.75) is 6.42 Å². The van der Waals surface area contributed by atoms with Gasteiger partial charge >= 0.3 is 0 Å². The normalized spacial score (nSPS) is 10.3. The Morgan fingerprint density at radius 1 is 0.903 bits per heavy atom. The van der Waals surface area contributed by atoms with Crippen LogP contribution in [0.1, 0.15) is 16.8 Å². The topological polar surface area (TPSA) is 76.7 Å². The van der Waals surface area contributed by atoms with Crippen LogP contribution in [0.2, 0.25) is 5.02 Å². The first kappa shape index (κ1) is 22.2. The fourth-order valence-electron chi connectivity index (χ4n) is 3.00. The number of anilines is 1. The minimum absolute atomic E-state index is 0.142. The van der Waals surface area contributed by atoms with Gasteiger partial charge in [-0.1, -0.05) is 23.7 Å². The zero-order valence-electron chi connectivity index (χ0n) is 17.3. The number of carbonyl (C=O) groups excluding carboxylic acids is 2. The monoisotopic (exact) mass is 438 g/mol. The van der Waals surface area contributed by atoms with Crippen LogP contribution >= 0.6 is 11.6 Å². The smallest absolute Gasteiger partial charge is 0.251 e. The number of amides is 2. The molecule has 0 bridgehead atoms. The molecule has 0 spiro atoms. The molecule has 2 N–H and O–H groups in total. The van der Waals surface area contributed by atoms with Crippen LogP contribution in [0.3, 0.4) is 0 Å². The van der Waals surface area contributed by atoms with Gasteiger partial charge in [0.1, 0.15) is 11.5 Å². The summed E-state index contributed by atoms with van der Waals surface area (Å²) in [6.07, 6.45) is 0.142. The molecule has 31 heavy (non-hydrogen) atoms. The van der Waals surface area contributed by atoms with E-state index in [9.17, 15) is 9.59 Å². The van der Waals surface area contributed by atoms with Crippen LogP contribution in [-0.4, -0.2) is 32.6 Å². The molecule has 2 amide bonds. The first-order valence-electron chi connectivity index (χ1n) is 9.66. The molecule has 3 rings (SSSR count). The summed E-state index contributed by atoms with van der Waals surface area (Å²) in [6.45, 7) is 0.217. The lowest BCUT2D eigenvalue weighted by Crippen LogP contribution is -2.27. The Morgan fingerprint density at radius 3 is 2.26 bits per heavy atom. The van der Waals surface area contributed by atoms with Gasteiger partial charge in [-0.05, 0) is 60.2 Å². The second-order valence-electron chi connectivity index (χ2n) is 6.70. The number of nitrogens with one attached hydrogen (secondary N) is 2. The summed E-state index contributed by atoms with van der Waals surface area (Å²) in [4.78, 5) is 24.4. The number of rotatable bonds is 8. The Balaban J connectivity index is 1.60. The number of benzene rings is 3. The van der Waals surface area contributed by atoms with Crippen LogP contribution in [0.15, 0.2) is 66.7 Å². The second kappa shape index (κ2) is 10.5. The molecule has 0 fully saturated rings. The maximum absolute atomic E-state index is 12.3. The molecule has 7 heteroatoms. The highest BCUT2D eigenvalue weighted by Crippen LogP contribution is 2.33. The van der Waals surface area contributed by atoms with E-state index in [-0.39, 0.29) is 24.8 Å². The fourth-order valence-corrected chi connectivity index (χ4v) is 3.12. The lowest BCUT2D eigenvalue weighted by atomic mass is 10.0. The van der Waals surface area contributed by atoms with E-state index in [1.165, 1.54) is 0 Å². The van der Waals surface area contributed by atoms with Gasteiger partial charge in [-0.25, -0.2) is 0 Å². The highest BCUT2D eigenvalue weighted by molar-refractivity contribution is 6.30. The second-order valence-corrected chi connectivity index (χ2v) is 7.14. The van der Waals surface area contributed by atoms with E-state index >= 15 is 0 Å². The van der Waals surface area contributed by atoms with Crippen molar-refractivity contribution in [1.82, 2.24) is 5.32 Å². The predicted octanol–water partition coefficient (Wildman–Crippen LogP) is 4.78. The van der Waals surface area contributed by atoms with Crippen molar-refractivity contribution in [3.63, 3.8) is 0 Å². The molecule has 6 nitrogen and oxygen atoms in total. The Morgan fingerprint density at radius 2 is 1.61 bits per heavy atom. The van der Waals surface area contributed by atoms with Crippen LogP contribution in [0, 0.1) is 0 Å². The minimum atomic E-state index is -0.254. The lowest BCUT2D eigenvalue weighted by Gasteiger charge is -2.13. The van der Waals surface area contributed by atoms with E-state index in [2.05, 4.69) is 10.6 Å². The van der Waals surface area contributed by atoms with Gasteiger partial charge in [0.2, 0.25) is 5.91 Å². The number of hydrogen-bond donors (Lipinski definition) is 2. The number of hydrogen-bond acceptors (Lipinski definition) is 4. The van der Waals surface area contributed by atoms with Crippen molar-refractivity contribution in [3.8, 4) is 22.6 Å². The van der Waals surface area contributed by atoms with Gasteiger partial charge in [-0.15, -0.1) is 0 Å². The van der Waals surface area contributed by atoms with Crippen molar-refractivity contribution >= 4 is 29.1 Å². The minimum Gasteiger partial charge on any atom is -0.497 e. The van der Waals surface area contributed by atoms with Gasteiger partial charge < -0.3 is 20.1 Å². The summed E-state index contributed by atoms with van der Waals surface area (Å²) in [5.41, 5.74) is 2.91. The molecule has 160 valence electrons. The van der Waals surface area contributed by atoms with Gasteiger partial charge in [-0.3, -0.25) is 9.59 Å². The maximum atomic E-state index is 12.3. The lowest BCUT2D eigenvalue weighted by molar-refractivity contribution is -0.116. The molecule has 0 unspecified atom stereocenters. The zero-order chi connectivity index (χ0) is 22.2. The Labute approximate surface area is 186 Å². The van der Waals surface area contributed by atoms with Crippen LogP contribution < -0.4 is 20.1 Å². The first-order valence-corrected chi connectivity index (χ1v) is 10.0. The fraction of sp³-hybridized carbons (Fsp3) is 0.167. The highest BCUT2D eigenvalue weighted by atomic mass is 35.5. The molecule has 0 saturated heterocycles. The van der Waals surface area contributed by atoms with Crippen LogP contribution in [0.5, 0.6) is 11.5 Å². The van der Waals surface area contributed by atoms with E-state index in [0.29, 0.717) is 22.0 Å². The van der Waals surface area contributed by atoms with Crippen molar-refractivity contribution < 1.29 is 19.1 Å². The van der Waals surface area contributed by atoms with Crippen LogP contribution in [0.4, 0.5) is 5.69 Å². The molecule has 3 aromatic carbocycles. The van der Waals surface area contributed by atoms with Crippen molar-refractivity contribution in [3.05, 3.63) is 77.3 Å². The molecule has 3 aromatic rings. The Hall–Kier alpha value is -3.51. The van der Waals surface area contributed by atoms with Gasteiger partial charge in [0.25, 0.3) is 5.91 Å². The van der Waals surface area contributed by atoms with Crippen molar-refractivity contribution in [2.24, 2.45) is 0 Å². The summed E-state index contributed by atoms with van der Waals surface area (Å²) in [6, 6.07) is 19.6. The molecule has 0 aliphatic rings. The molecule has 0 saturated carbocycles. The van der Waals surface area contributed by atoms with Crippen LogP contribution in [0.25, 0.3) is 11.1 Å². The number of methoxy groups -OCH3 is 2. The average molecular weight is 439 g/mol. The van der Waals surface area contributed by atoms with E-state index in [1.807, 2.05) is 30.3 Å². The molecule has 0 atom stereocenters. The Kier molecular flexibility index (Phi) is 7.51. The standard InChI is InChI=1S/C24H23ClN2O4/c1-30-20-10-5-16(6-11-20)21-15-19(9-12-22(21)31-2)27-23(28)13-14-26-24(29)17-3-7-18(25)8-4-17/h3-12,15H,13-14H2,1-2H3,(H,26,29)(H,27,28). The van der Waals surface area contributed by atoms with Gasteiger partial charge in [-0.2, -0.15) is 0 Å². The van der Waals surface area contributed by atoms with E-state index < -0.39 is 0 Å². The average Bonchev–Trinajstić information content (AvgIpc) is 2.79. The third kappa shape index (κ3) is 5.99. The number of ether oxygens (including phenoxy) is 2. The zero-order valence-corrected chi connectivity index (χ0v) is 18.0. The molecule has 0 aromatic heterocycles. The Bertz CT molecular complexity index is 1050. The SMILES string of the molecule is COc1ccc(-c2cc(NC(=O)CCNC(=O)c3ccc(Cl)cc3)ccc2OC)cc1. The molecule has 0 aliphatic heterocycles. The quantitative estimate of drug-likeness (QED) is 0.530. The summed E-state index contributed by atoms with van der Waals surface area (Å²) in [5, 5.41) is 6.15. The van der Waals surface area contributed by atoms with Crippen LogP contribution in [-0.2, 0) is 4.79 Å². The molecule has 0 aliphatic carbocycles. The maximum Gasteiger partial charge on any atom is 0.251 e. The largest absolute Gasteiger partial charge is 0.497 e. The summed E-state index contributed by atoms with van der Waals surface area (Å²) in [7, 11) is 3.22. The third-order valence-electron chi connectivity index (χ3n) is 4.63. The first-order chi connectivity index (χ1) is 15.0. The van der Waals surface area contributed by atoms with E-state index in [4.69, 9.17) is 21.1 Å². The number of carbonyl (C=O) groups is 2. The molecular formula is C24H23ClN2O4. The van der Waals surface area contributed by atoms with Crippen molar-refractivity contribution in [2.75, 3.05) is 26.1 Å². The summed E-state index contributed by atoms with van der Waals surface area (Å²) in [5.74, 6) is 0.990. The predicted molar refractivity (Wildman–Crippen MR) is 122 cm³/mol. The molecular weight excluding hydrogens is 416 g/mol. The van der Waals surface area contributed by atoms with Gasteiger partial charge in [0, 0.05) is 34.8 Å². The van der Waals surface area contributed by atoms with Crippen molar-refractivity contribution in [1.29, 1.82) is 0 Å². The van der Waals surface area contributed by atoms with Gasteiger partial charge in [0.05, 0.1) is 14.2 Å². The molecule has 0 radical (unpaired) electrons. The third-order valence-corrected chi connectivity index (χ3v) is 4.88. The van der Waals surface area contributed by atoms with Gasteiger partial charge in [0.15, 0.2) is 0 Å². The summed E-state index contributed by atoms with van der Waals surface area (Å²) < 4.78 is 10.7. The van der Waals surface area contributed by atoms with E-state index in [0.717, 1.165) is 16.9 Å². The summed E-state index contributed by atoms with van der Waals surface area (Å²) >= 11 is 5.82. The highest BCUT2D eigenvalue weighted by Gasteiger charge is 2.11.